The molecule has 0 bridgehead atoms. The highest BCUT2D eigenvalue weighted by atomic mass is 16.2. The molecule has 4 aromatic rings. The van der Waals surface area contributed by atoms with Crippen molar-refractivity contribution < 1.29 is 4.79 Å². The van der Waals surface area contributed by atoms with Gasteiger partial charge in [0.15, 0.2) is 0 Å². The zero-order chi connectivity index (χ0) is 24.7. The molecule has 1 fully saturated rings. The van der Waals surface area contributed by atoms with E-state index >= 15 is 0 Å². The van der Waals surface area contributed by atoms with Gasteiger partial charge in [-0.2, -0.15) is 0 Å². The lowest BCUT2D eigenvalue weighted by atomic mass is 9.88. The number of benzene rings is 4. The smallest absolute Gasteiger partial charge is 0.223 e. The Hall–Kier alpha value is -3.69. The van der Waals surface area contributed by atoms with Crippen molar-refractivity contribution in [3.8, 4) is 0 Å². The van der Waals surface area contributed by atoms with Gasteiger partial charge in [-0.3, -0.25) is 9.69 Å². The summed E-state index contributed by atoms with van der Waals surface area (Å²) in [6, 6.07) is 40.6. The summed E-state index contributed by atoms with van der Waals surface area (Å²) in [5, 5.41) is 0. The minimum absolute atomic E-state index is 0.0718. The van der Waals surface area contributed by atoms with Gasteiger partial charge in [-0.05, 0) is 29.2 Å². The normalized spacial score (nSPS) is 15.1. The van der Waals surface area contributed by atoms with Crippen molar-refractivity contribution in [1.29, 1.82) is 0 Å². The van der Waals surface area contributed by atoms with E-state index in [2.05, 4.69) is 120 Å². The highest BCUT2D eigenvalue weighted by Crippen LogP contribution is 2.31. The van der Waals surface area contributed by atoms with Crippen LogP contribution in [0.15, 0.2) is 115 Å². The van der Waals surface area contributed by atoms with Crippen LogP contribution in [0.25, 0.3) is 0 Å². The van der Waals surface area contributed by atoms with Crippen molar-refractivity contribution in [2.45, 2.75) is 25.3 Å². The van der Waals surface area contributed by atoms with Crippen LogP contribution in [0.3, 0.4) is 0 Å². The highest BCUT2D eigenvalue weighted by Gasteiger charge is 2.29. The molecule has 1 heterocycles. The molecule has 3 nitrogen and oxygen atoms in total. The maximum Gasteiger partial charge on any atom is 0.223 e. The first-order valence-electron chi connectivity index (χ1n) is 12.9. The summed E-state index contributed by atoms with van der Waals surface area (Å²) in [6.45, 7) is 5.36. The number of rotatable bonds is 7. The quantitative estimate of drug-likeness (QED) is 0.307. The van der Waals surface area contributed by atoms with Crippen molar-refractivity contribution >= 4 is 5.91 Å². The molecule has 3 heteroatoms. The average Bonchev–Trinajstić information content (AvgIpc) is 2.95. The lowest BCUT2D eigenvalue weighted by molar-refractivity contribution is -0.133. The number of hydrogen-bond acceptors (Lipinski definition) is 2. The molecule has 1 saturated heterocycles. The van der Waals surface area contributed by atoms with E-state index in [9.17, 15) is 4.79 Å². The fraction of sp³-hybridized carbons (Fsp3) is 0.242. The van der Waals surface area contributed by atoms with Gasteiger partial charge < -0.3 is 4.90 Å². The summed E-state index contributed by atoms with van der Waals surface area (Å²) in [6.07, 6.45) is 0.494. The molecule has 0 spiro atoms. The Morgan fingerprint density at radius 3 is 1.56 bits per heavy atom. The molecule has 0 aromatic heterocycles. The van der Waals surface area contributed by atoms with Crippen LogP contribution in [0.4, 0.5) is 0 Å². The van der Waals surface area contributed by atoms with Gasteiger partial charge in [-0.25, -0.2) is 0 Å². The van der Waals surface area contributed by atoms with Crippen molar-refractivity contribution in [3.05, 3.63) is 143 Å². The van der Waals surface area contributed by atoms with Crippen LogP contribution in [-0.4, -0.2) is 41.9 Å². The molecule has 1 amide bonds. The number of carbonyl (C=O) groups is 1. The fourth-order valence-electron chi connectivity index (χ4n) is 5.33. The van der Waals surface area contributed by atoms with E-state index in [1.165, 1.54) is 27.8 Å². The molecule has 1 unspecified atom stereocenters. The molecule has 0 aliphatic carbocycles. The van der Waals surface area contributed by atoms with Crippen LogP contribution in [0.5, 0.6) is 0 Å². The number of piperazine rings is 1. The number of aryl methyl sites for hydroxylation is 1. The predicted molar refractivity (Wildman–Crippen MR) is 147 cm³/mol. The first-order chi connectivity index (χ1) is 17.7. The number of hydrogen-bond donors (Lipinski definition) is 0. The Morgan fingerprint density at radius 1 is 0.611 bits per heavy atom. The van der Waals surface area contributed by atoms with Crippen LogP contribution < -0.4 is 0 Å². The van der Waals surface area contributed by atoms with Gasteiger partial charge in [-0.1, -0.05) is 121 Å². The van der Waals surface area contributed by atoms with Crippen LogP contribution in [-0.2, 0) is 4.79 Å². The van der Waals surface area contributed by atoms with Gasteiger partial charge >= 0.3 is 0 Å². The lowest BCUT2D eigenvalue weighted by Gasteiger charge is -2.40. The molecule has 36 heavy (non-hydrogen) atoms. The molecular weight excluding hydrogens is 440 g/mol. The summed E-state index contributed by atoms with van der Waals surface area (Å²) < 4.78 is 0. The standard InChI is InChI=1S/C33H34N2O/c1-26-17-19-30(20-18-26)33(29-15-9-4-10-16-29)35-23-21-34(22-24-35)32(36)25-31(27-11-5-2-6-12-27)28-13-7-3-8-14-28/h2-20,31,33H,21-25H2,1H3. The van der Waals surface area contributed by atoms with Crippen molar-refractivity contribution in [3.63, 3.8) is 0 Å². The first-order valence-corrected chi connectivity index (χ1v) is 12.9. The van der Waals surface area contributed by atoms with Gasteiger partial charge in [0, 0.05) is 38.5 Å². The summed E-state index contributed by atoms with van der Waals surface area (Å²) >= 11 is 0. The van der Waals surface area contributed by atoms with Gasteiger partial charge in [-0.15, -0.1) is 0 Å². The first kappa shape index (κ1) is 24.0. The third kappa shape index (κ3) is 5.58. The van der Waals surface area contributed by atoms with E-state index < -0.39 is 0 Å². The molecular formula is C33H34N2O. The molecule has 0 saturated carbocycles. The maximum atomic E-state index is 13.5. The number of nitrogens with zero attached hydrogens (tertiary/aromatic N) is 2. The maximum absolute atomic E-state index is 13.5. The van der Waals surface area contributed by atoms with Crippen LogP contribution >= 0.6 is 0 Å². The van der Waals surface area contributed by atoms with Crippen LogP contribution in [0.1, 0.15) is 46.2 Å². The Balaban J connectivity index is 1.30. The Labute approximate surface area is 215 Å². The molecule has 1 aliphatic rings. The molecule has 0 radical (unpaired) electrons. The van der Waals surface area contributed by atoms with Gasteiger partial charge in [0.25, 0.3) is 0 Å². The second kappa shape index (κ2) is 11.4. The third-order valence-electron chi connectivity index (χ3n) is 7.32. The molecule has 1 aliphatic heterocycles. The summed E-state index contributed by atoms with van der Waals surface area (Å²) in [5.74, 6) is 0.307. The van der Waals surface area contributed by atoms with Crippen molar-refractivity contribution in [1.82, 2.24) is 9.80 Å². The highest BCUT2D eigenvalue weighted by molar-refractivity contribution is 5.78. The summed E-state index contributed by atoms with van der Waals surface area (Å²) in [7, 11) is 0. The van der Waals surface area contributed by atoms with E-state index in [4.69, 9.17) is 0 Å². The van der Waals surface area contributed by atoms with Gasteiger partial charge in [0.05, 0.1) is 6.04 Å². The Kier molecular flexibility index (Phi) is 7.58. The summed E-state index contributed by atoms with van der Waals surface area (Å²) in [5.41, 5.74) is 6.26. The molecule has 182 valence electrons. The lowest BCUT2D eigenvalue weighted by Crippen LogP contribution is -2.50. The van der Waals surface area contributed by atoms with Gasteiger partial charge in [0.2, 0.25) is 5.91 Å². The van der Waals surface area contributed by atoms with Crippen LogP contribution in [0.2, 0.25) is 0 Å². The van der Waals surface area contributed by atoms with Crippen LogP contribution in [0, 0.1) is 6.92 Å². The molecule has 4 aromatic carbocycles. The zero-order valence-electron chi connectivity index (χ0n) is 21.0. The van der Waals surface area contributed by atoms with E-state index in [1.54, 1.807) is 0 Å². The van der Waals surface area contributed by atoms with Crippen molar-refractivity contribution in [2.24, 2.45) is 0 Å². The minimum Gasteiger partial charge on any atom is -0.340 e. The largest absolute Gasteiger partial charge is 0.340 e. The molecule has 1 atom stereocenters. The van der Waals surface area contributed by atoms with E-state index in [1.807, 2.05) is 12.1 Å². The van der Waals surface area contributed by atoms with E-state index in [-0.39, 0.29) is 17.9 Å². The van der Waals surface area contributed by atoms with E-state index in [0.29, 0.717) is 6.42 Å². The number of amides is 1. The molecule has 5 rings (SSSR count). The monoisotopic (exact) mass is 474 g/mol. The predicted octanol–water partition coefficient (Wildman–Crippen LogP) is 6.45. The van der Waals surface area contributed by atoms with Gasteiger partial charge in [0.1, 0.15) is 0 Å². The Bertz CT molecular complexity index is 1190. The average molecular weight is 475 g/mol. The van der Waals surface area contributed by atoms with Crippen molar-refractivity contribution in [2.75, 3.05) is 26.2 Å². The SMILES string of the molecule is Cc1ccc(C(c2ccccc2)N2CCN(C(=O)CC(c3ccccc3)c3ccccc3)CC2)cc1. The molecule has 0 N–H and O–H groups in total. The second-order valence-corrected chi connectivity index (χ2v) is 9.72. The topological polar surface area (TPSA) is 23.6 Å². The third-order valence-corrected chi connectivity index (χ3v) is 7.32. The second-order valence-electron chi connectivity index (χ2n) is 9.72. The Morgan fingerprint density at radius 2 is 1.06 bits per heavy atom. The fourth-order valence-corrected chi connectivity index (χ4v) is 5.33. The van der Waals surface area contributed by atoms with E-state index in [0.717, 1.165) is 26.2 Å². The summed E-state index contributed by atoms with van der Waals surface area (Å²) in [4.78, 5) is 18.1. The zero-order valence-corrected chi connectivity index (χ0v) is 21.0. The number of carbonyl (C=O) groups excluding carboxylic acids is 1. The minimum atomic E-state index is 0.0718.